The number of fused-ring (bicyclic) bond motifs is 1. The van der Waals surface area contributed by atoms with Gasteiger partial charge in [-0.1, -0.05) is 19.1 Å². The molecular formula is C13H17N7O. The molecule has 0 spiro atoms. The zero-order chi connectivity index (χ0) is 14.6. The third-order valence-electron chi connectivity index (χ3n) is 4.58. The van der Waals surface area contributed by atoms with Crippen molar-refractivity contribution in [2.75, 3.05) is 13.1 Å². The second kappa shape index (κ2) is 4.37. The highest BCUT2D eigenvalue weighted by Crippen LogP contribution is 2.57. The van der Waals surface area contributed by atoms with Crippen molar-refractivity contribution >= 4 is 5.91 Å². The number of aromatic nitrogens is 6. The van der Waals surface area contributed by atoms with Crippen LogP contribution in [-0.4, -0.2) is 54.7 Å². The Balaban J connectivity index is 1.42. The lowest BCUT2D eigenvalue weighted by Gasteiger charge is -2.17. The van der Waals surface area contributed by atoms with Crippen molar-refractivity contribution in [3.05, 3.63) is 23.3 Å². The normalized spacial score (nSPS) is 27.2. The van der Waals surface area contributed by atoms with Crippen LogP contribution in [0.15, 0.2) is 6.07 Å². The second-order valence-corrected chi connectivity index (χ2v) is 6.20. The molecule has 1 aliphatic carbocycles. The summed E-state index contributed by atoms with van der Waals surface area (Å²) in [5.74, 6) is 2.42. The number of amides is 1. The zero-order valence-corrected chi connectivity index (χ0v) is 11.9. The number of nitrogens with one attached hydrogen (secondary N) is 2. The topological polar surface area (TPSA) is 103 Å². The molecule has 1 unspecified atom stereocenters. The SMILES string of the molecule is CC(C)c1cc(C(=O)N2C[C@@H]3C(c4nn[nH]n4)[C@@H]3C2)n[nH]1. The van der Waals surface area contributed by atoms with E-state index < -0.39 is 0 Å². The molecule has 0 radical (unpaired) electrons. The Hall–Kier alpha value is -2.25. The first-order chi connectivity index (χ1) is 10.1. The average Bonchev–Trinajstić information content (AvgIpc) is 3.04. The lowest BCUT2D eigenvalue weighted by atomic mass is 10.1. The van der Waals surface area contributed by atoms with Gasteiger partial charge in [0, 0.05) is 24.7 Å². The van der Waals surface area contributed by atoms with E-state index in [-0.39, 0.29) is 5.91 Å². The molecule has 110 valence electrons. The van der Waals surface area contributed by atoms with Crippen molar-refractivity contribution in [3.8, 4) is 0 Å². The van der Waals surface area contributed by atoms with E-state index in [1.165, 1.54) is 0 Å². The highest BCUT2D eigenvalue weighted by molar-refractivity contribution is 5.92. The molecule has 2 aromatic rings. The summed E-state index contributed by atoms with van der Waals surface area (Å²) in [5.41, 5.74) is 1.50. The van der Waals surface area contributed by atoms with Gasteiger partial charge in [-0.05, 0) is 23.8 Å². The van der Waals surface area contributed by atoms with Crippen LogP contribution in [0.4, 0.5) is 0 Å². The molecule has 2 aromatic heterocycles. The van der Waals surface area contributed by atoms with Gasteiger partial charge in [-0.25, -0.2) is 0 Å². The van der Waals surface area contributed by atoms with Gasteiger partial charge in [0.1, 0.15) is 5.69 Å². The summed E-state index contributed by atoms with van der Waals surface area (Å²) in [6.07, 6.45) is 0. The minimum absolute atomic E-state index is 0.0113. The summed E-state index contributed by atoms with van der Waals surface area (Å²) in [6.45, 7) is 5.66. The minimum Gasteiger partial charge on any atom is -0.337 e. The minimum atomic E-state index is 0.0113. The predicted octanol–water partition coefficient (Wildman–Crippen LogP) is 0.532. The number of rotatable bonds is 3. The molecular weight excluding hydrogens is 270 g/mol. The predicted molar refractivity (Wildman–Crippen MR) is 72.5 cm³/mol. The van der Waals surface area contributed by atoms with Gasteiger partial charge >= 0.3 is 0 Å². The van der Waals surface area contributed by atoms with Gasteiger partial charge in [-0.15, -0.1) is 10.2 Å². The molecule has 4 rings (SSSR count). The zero-order valence-electron chi connectivity index (χ0n) is 11.9. The van der Waals surface area contributed by atoms with Crippen LogP contribution >= 0.6 is 0 Å². The molecule has 1 amide bonds. The largest absolute Gasteiger partial charge is 0.337 e. The maximum absolute atomic E-state index is 12.4. The van der Waals surface area contributed by atoms with Gasteiger partial charge in [0.15, 0.2) is 5.82 Å². The quantitative estimate of drug-likeness (QED) is 0.857. The molecule has 1 aliphatic heterocycles. The van der Waals surface area contributed by atoms with E-state index in [0.717, 1.165) is 24.6 Å². The number of nitrogens with zero attached hydrogens (tertiary/aromatic N) is 5. The monoisotopic (exact) mass is 287 g/mol. The molecule has 3 heterocycles. The van der Waals surface area contributed by atoms with Crippen molar-refractivity contribution < 1.29 is 4.79 Å². The fourth-order valence-electron chi connectivity index (χ4n) is 3.29. The lowest BCUT2D eigenvalue weighted by Crippen LogP contribution is -2.31. The molecule has 1 saturated heterocycles. The highest BCUT2D eigenvalue weighted by atomic mass is 16.2. The smallest absolute Gasteiger partial charge is 0.274 e. The molecule has 8 nitrogen and oxygen atoms in total. The number of hydrogen-bond acceptors (Lipinski definition) is 5. The molecule has 2 N–H and O–H groups in total. The van der Waals surface area contributed by atoms with Gasteiger partial charge in [0.2, 0.25) is 0 Å². The van der Waals surface area contributed by atoms with E-state index in [4.69, 9.17) is 0 Å². The van der Waals surface area contributed by atoms with Crippen molar-refractivity contribution in [2.45, 2.75) is 25.7 Å². The van der Waals surface area contributed by atoms with Crippen molar-refractivity contribution in [2.24, 2.45) is 11.8 Å². The number of H-pyrrole nitrogens is 2. The van der Waals surface area contributed by atoms with Gasteiger partial charge in [0.05, 0.1) is 0 Å². The number of likely N-dealkylation sites (tertiary alicyclic amines) is 1. The lowest BCUT2D eigenvalue weighted by molar-refractivity contribution is 0.0766. The Morgan fingerprint density at radius 3 is 2.67 bits per heavy atom. The van der Waals surface area contributed by atoms with Crippen LogP contribution in [0.2, 0.25) is 0 Å². The Bertz CT molecular complexity index is 650. The van der Waals surface area contributed by atoms with Gasteiger partial charge in [-0.2, -0.15) is 10.3 Å². The van der Waals surface area contributed by atoms with Crippen LogP contribution in [0.25, 0.3) is 0 Å². The third kappa shape index (κ3) is 1.93. The standard InChI is InChI=1S/C13H17N7O/c1-6(2)9-3-10(15-14-9)13(21)20-4-7-8(5-20)11(7)12-16-18-19-17-12/h3,6-8,11H,4-5H2,1-2H3,(H,14,15)(H,16,17,18,19)/t7-,8+,11?. The van der Waals surface area contributed by atoms with Crippen LogP contribution in [0.5, 0.6) is 0 Å². The fourth-order valence-corrected chi connectivity index (χ4v) is 3.29. The van der Waals surface area contributed by atoms with Crippen molar-refractivity contribution in [1.29, 1.82) is 0 Å². The second-order valence-electron chi connectivity index (χ2n) is 6.20. The van der Waals surface area contributed by atoms with E-state index in [1.54, 1.807) is 0 Å². The van der Waals surface area contributed by atoms with E-state index in [0.29, 0.717) is 29.4 Å². The molecule has 2 fully saturated rings. The summed E-state index contributed by atoms with van der Waals surface area (Å²) in [5, 5.41) is 21.2. The average molecular weight is 287 g/mol. The van der Waals surface area contributed by atoms with Crippen LogP contribution < -0.4 is 0 Å². The number of hydrogen-bond donors (Lipinski definition) is 2. The summed E-state index contributed by atoms with van der Waals surface area (Å²) >= 11 is 0. The molecule has 21 heavy (non-hydrogen) atoms. The van der Waals surface area contributed by atoms with Gasteiger partial charge in [0.25, 0.3) is 5.91 Å². The van der Waals surface area contributed by atoms with Gasteiger partial charge in [-0.3, -0.25) is 9.89 Å². The van der Waals surface area contributed by atoms with Gasteiger partial charge < -0.3 is 4.90 Å². The van der Waals surface area contributed by atoms with E-state index in [2.05, 4.69) is 44.7 Å². The van der Waals surface area contributed by atoms with E-state index in [9.17, 15) is 4.79 Å². The summed E-state index contributed by atoms with van der Waals surface area (Å²) in [7, 11) is 0. The summed E-state index contributed by atoms with van der Waals surface area (Å²) in [6, 6.07) is 1.85. The number of piperidine rings is 1. The molecule has 0 aromatic carbocycles. The number of aromatic amines is 2. The van der Waals surface area contributed by atoms with Crippen molar-refractivity contribution in [3.63, 3.8) is 0 Å². The molecule has 3 atom stereocenters. The number of tetrazole rings is 1. The van der Waals surface area contributed by atoms with Crippen LogP contribution in [0.3, 0.4) is 0 Å². The van der Waals surface area contributed by atoms with E-state index in [1.807, 2.05) is 11.0 Å². The molecule has 8 heteroatoms. The Morgan fingerprint density at radius 1 is 1.33 bits per heavy atom. The highest BCUT2D eigenvalue weighted by Gasteiger charge is 2.59. The first-order valence-electron chi connectivity index (χ1n) is 7.23. The maximum atomic E-state index is 12.4. The van der Waals surface area contributed by atoms with E-state index >= 15 is 0 Å². The van der Waals surface area contributed by atoms with Crippen molar-refractivity contribution in [1.82, 2.24) is 35.7 Å². The molecule has 2 aliphatic rings. The number of carbonyl (C=O) groups excluding carboxylic acids is 1. The van der Waals surface area contributed by atoms with Crippen LogP contribution in [-0.2, 0) is 0 Å². The Morgan fingerprint density at radius 2 is 2.10 bits per heavy atom. The van der Waals surface area contributed by atoms with Crippen LogP contribution in [0, 0.1) is 11.8 Å². The molecule has 1 saturated carbocycles. The first-order valence-corrected chi connectivity index (χ1v) is 7.23. The third-order valence-corrected chi connectivity index (χ3v) is 4.58. The Kier molecular flexibility index (Phi) is 2.60. The maximum Gasteiger partial charge on any atom is 0.274 e. The summed E-state index contributed by atoms with van der Waals surface area (Å²) < 4.78 is 0. The fraction of sp³-hybridized carbons (Fsp3) is 0.615. The Labute approximate surface area is 121 Å². The number of carbonyl (C=O) groups is 1. The van der Waals surface area contributed by atoms with Crippen LogP contribution in [0.1, 0.15) is 47.7 Å². The summed E-state index contributed by atoms with van der Waals surface area (Å²) in [4.78, 5) is 14.3. The molecule has 0 bridgehead atoms. The first kappa shape index (κ1) is 12.5.